The summed E-state index contributed by atoms with van der Waals surface area (Å²) in [4.78, 5) is 2.53. The van der Waals surface area contributed by atoms with Crippen LogP contribution in [-0.4, -0.2) is 30.6 Å². The van der Waals surface area contributed by atoms with Crippen LogP contribution in [0.2, 0.25) is 10.0 Å². The standard InChI is InChI=1S/C15H22Cl2N2/c1-3-6-19-7-4-12(5-8-19)18-15-10-13(16)11(2)9-14(15)17/h9-10,12,18H,3-8H2,1-2H3. The van der Waals surface area contributed by atoms with E-state index in [2.05, 4.69) is 17.1 Å². The molecule has 1 heterocycles. The fourth-order valence-corrected chi connectivity index (χ4v) is 3.03. The maximum Gasteiger partial charge on any atom is 0.0641 e. The van der Waals surface area contributed by atoms with Crippen molar-refractivity contribution in [2.45, 2.75) is 39.2 Å². The molecule has 2 rings (SSSR count). The van der Waals surface area contributed by atoms with Crippen molar-refractivity contribution in [2.24, 2.45) is 0 Å². The number of hydrogen-bond donors (Lipinski definition) is 1. The molecule has 106 valence electrons. The molecule has 0 aliphatic carbocycles. The van der Waals surface area contributed by atoms with E-state index in [1.165, 1.54) is 38.9 Å². The highest BCUT2D eigenvalue weighted by Gasteiger charge is 2.19. The Morgan fingerprint density at radius 1 is 1.21 bits per heavy atom. The molecule has 1 aliphatic rings. The number of rotatable bonds is 4. The van der Waals surface area contributed by atoms with E-state index in [1.54, 1.807) is 0 Å². The highest BCUT2D eigenvalue weighted by Crippen LogP contribution is 2.30. The smallest absolute Gasteiger partial charge is 0.0641 e. The Labute approximate surface area is 126 Å². The molecule has 1 N–H and O–H groups in total. The Morgan fingerprint density at radius 2 is 1.89 bits per heavy atom. The quantitative estimate of drug-likeness (QED) is 0.875. The Bertz CT molecular complexity index is 426. The Morgan fingerprint density at radius 3 is 2.53 bits per heavy atom. The normalized spacial score (nSPS) is 17.7. The largest absolute Gasteiger partial charge is 0.381 e. The molecular weight excluding hydrogens is 279 g/mol. The van der Waals surface area contributed by atoms with Crippen molar-refractivity contribution in [2.75, 3.05) is 25.0 Å². The van der Waals surface area contributed by atoms with Gasteiger partial charge in [0.15, 0.2) is 0 Å². The number of hydrogen-bond acceptors (Lipinski definition) is 2. The average Bonchev–Trinajstić information content (AvgIpc) is 2.38. The minimum Gasteiger partial charge on any atom is -0.381 e. The van der Waals surface area contributed by atoms with Gasteiger partial charge in [-0.2, -0.15) is 0 Å². The predicted molar refractivity (Wildman–Crippen MR) is 84.6 cm³/mol. The zero-order valence-corrected chi connectivity index (χ0v) is 13.2. The Kier molecular flexibility index (Phi) is 5.37. The molecule has 0 saturated carbocycles. The number of halogens is 2. The van der Waals surface area contributed by atoms with Gasteiger partial charge in [0.1, 0.15) is 0 Å². The molecule has 0 bridgehead atoms. The number of benzene rings is 1. The van der Waals surface area contributed by atoms with Crippen molar-refractivity contribution >= 4 is 28.9 Å². The molecule has 1 saturated heterocycles. The summed E-state index contributed by atoms with van der Waals surface area (Å²) in [5.74, 6) is 0. The van der Waals surface area contributed by atoms with Crippen molar-refractivity contribution in [1.82, 2.24) is 4.90 Å². The molecule has 0 atom stereocenters. The van der Waals surface area contributed by atoms with Gasteiger partial charge in [0, 0.05) is 24.2 Å². The Balaban J connectivity index is 1.94. The molecule has 4 heteroatoms. The van der Waals surface area contributed by atoms with Gasteiger partial charge in [0.05, 0.1) is 10.7 Å². The topological polar surface area (TPSA) is 15.3 Å². The van der Waals surface area contributed by atoms with E-state index < -0.39 is 0 Å². The zero-order valence-electron chi connectivity index (χ0n) is 11.7. The van der Waals surface area contributed by atoms with Crippen LogP contribution in [0.1, 0.15) is 31.7 Å². The number of likely N-dealkylation sites (tertiary alicyclic amines) is 1. The van der Waals surface area contributed by atoms with Gasteiger partial charge in [-0.25, -0.2) is 0 Å². The lowest BCUT2D eigenvalue weighted by molar-refractivity contribution is 0.219. The first-order valence-electron chi connectivity index (χ1n) is 7.04. The second-order valence-corrected chi connectivity index (χ2v) is 6.16. The van der Waals surface area contributed by atoms with Crippen LogP contribution in [0.4, 0.5) is 5.69 Å². The molecular formula is C15H22Cl2N2. The summed E-state index contributed by atoms with van der Waals surface area (Å²) in [6.45, 7) is 7.76. The average molecular weight is 301 g/mol. The van der Waals surface area contributed by atoms with E-state index in [9.17, 15) is 0 Å². The van der Waals surface area contributed by atoms with E-state index in [4.69, 9.17) is 23.2 Å². The van der Waals surface area contributed by atoms with Crippen molar-refractivity contribution in [3.05, 3.63) is 27.7 Å². The third-order valence-corrected chi connectivity index (χ3v) is 4.46. The van der Waals surface area contributed by atoms with Gasteiger partial charge in [-0.3, -0.25) is 0 Å². The van der Waals surface area contributed by atoms with E-state index >= 15 is 0 Å². The first-order valence-corrected chi connectivity index (χ1v) is 7.80. The van der Waals surface area contributed by atoms with Crippen LogP contribution in [0.25, 0.3) is 0 Å². The zero-order chi connectivity index (χ0) is 13.8. The molecule has 0 amide bonds. The molecule has 1 fully saturated rings. The number of nitrogens with zero attached hydrogens (tertiary/aromatic N) is 1. The highest BCUT2D eigenvalue weighted by molar-refractivity contribution is 6.35. The lowest BCUT2D eigenvalue weighted by Gasteiger charge is -2.32. The molecule has 0 spiro atoms. The van der Waals surface area contributed by atoms with Gasteiger partial charge in [0.25, 0.3) is 0 Å². The maximum absolute atomic E-state index is 6.27. The van der Waals surface area contributed by atoms with Gasteiger partial charge < -0.3 is 10.2 Å². The number of aryl methyl sites for hydroxylation is 1. The molecule has 0 aromatic heterocycles. The van der Waals surface area contributed by atoms with Crippen molar-refractivity contribution in [1.29, 1.82) is 0 Å². The van der Waals surface area contributed by atoms with E-state index in [0.717, 1.165) is 21.3 Å². The summed E-state index contributed by atoms with van der Waals surface area (Å²) in [6.07, 6.45) is 3.57. The molecule has 19 heavy (non-hydrogen) atoms. The fourth-order valence-electron chi connectivity index (χ4n) is 2.59. The summed E-state index contributed by atoms with van der Waals surface area (Å²) in [7, 11) is 0. The fraction of sp³-hybridized carbons (Fsp3) is 0.600. The van der Waals surface area contributed by atoms with Gasteiger partial charge in [-0.1, -0.05) is 30.1 Å². The van der Waals surface area contributed by atoms with Crippen LogP contribution < -0.4 is 5.32 Å². The van der Waals surface area contributed by atoms with Crippen LogP contribution in [0, 0.1) is 6.92 Å². The lowest BCUT2D eigenvalue weighted by Crippen LogP contribution is -2.39. The molecule has 2 nitrogen and oxygen atoms in total. The predicted octanol–water partition coefficient (Wildman–Crippen LogP) is 4.59. The van der Waals surface area contributed by atoms with Crippen LogP contribution in [-0.2, 0) is 0 Å². The SMILES string of the molecule is CCCN1CCC(Nc2cc(Cl)c(C)cc2Cl)CC1. The Hall–Kier alpha value is -0.440. The van der Waals surface area contributed by atoms with Crippen molar-refractivity contribution < 1.29 is 0 Å². The summed E-state index contributed by atoms with van der Waals surface area (Å²) in [5, 5.41) is 5.07. The van der Waals surface area contributed by atoms with Gasteiger partial charge in [0.2, 0.25) is 0 Å². The van der Waals surface area contributed by atoms with Crippen molar-refractivity contribution in [3.63, 3.8) is 0 Å². The monoisotopic (exact) mass is 300 g/mol. The molecule has 1 aliphatic heterocycles. The minimum absolute atomic E-state index is 0.504. The minimum atomic E-state index is 0.504. The number of anilines is 1. The van der Waals surface area contributed by atoms with Gasteiger partial charge in [-0.05, 0) is 50.4 Å². The van der Waals surface area contributed by atoms with Crippen LogP contribution in [0.5, 0.6) is 0 Å². The first kappa shape index (κ1) is 15.0. The summed E-state index contributed by atoms with van der Waals surface area (Å²) in [6, 6.07) is 4.38. The van der Waals surface area contributed by atoms with E-state index in [0.29, 0.717) is 6.04 Å². The van der Waals surface area contributed by atoms with Crippen molar-refractivity contribution in [3.8, 4) is 0 Å². The second-order valence-electron chi connectivity index (χ2n) is 5.34. The highest BCUT2D eigenvalue weighted by atomic mass is 35.5. The van der Waals surface area contributed by atoms with Crippen LogP contribution >= 0.6 is 23.2 Å². The molecule has 0 unspecified atom stereocenters. The van der Waals surface area contributed by atoms with E-state index in [-0.39, 0.29) is 0 Å². The number of nitrogens with one attached hydrogen (secondary N) is 1. The molecule has 1 aromatic rings. The maximum atomic E-state index is 6.27. The summed E-state index contributed by atoms with van der Waals surface area (Å²) in [5.41, 5.74) is 1.99. The summed E-state index contributed by atoms with van der Waals surface area (Å²) >= 11 is 12.4. The van der Waals surface area contributed by atoms with Crippen LogP contribution in [0.15, 0.2) is 12.1 Å². The third kappa shape index (κ3) is 4.01. The molecule has 0 radical (unpaired) electrons. The molecule has 1 aromatic carbocycles. The van der Waals surface area contributed by atoms with E-state index in [1.807, 2.05) is 19.1 Å². The lowest BCUT2D eigenvalue weighted by atomic mass is 10.0. The second kappa shape index (κ2) is 6.83. The third-order valence-electron chi connectivity index (χ3n) is 3.74. The first-order chi connectivity index (χ1) is 9.10. The number of piperidine rings is 1. The van der Waals surface area contributed by atoms with Crippen LogP contribution in [0.3, 0.4) is 0 Å². The van der Waals surface area contributed by atoms with Gasteiger partial charge in [-0.15, -0.1) is 0 Å². The van der Waals surface area contributed by atoms with Gasteiger partial charge >= 0.3 is 0 Å². The summed E-state index contributed by atoms with van der Waals surface area (Å²) < 4.78 is 0.